The second kappa shape index (κ2) is 125. The van der Waals surface area contributed by atoms with E-state index in [1.807, 2.05) is 0 Å². The van der Waals surface area contributed by atoms with Crippen molar-refractivity contribution in [3.05, 3.63) is 0 Å². The van der Waals surface area contributed by atoms with Gasteiger partial charge in [0.2, 0.25) is 0 Å². The van der Waals surface area contributed by atoms with Gasteiger partial charge in [-0.3, -0.25) is 10.5 Å². The molecule has 0 aliphatic rings. The van der Waals surface area contributed by atoms with Crippen LogP contribution in [0.3, 0.4) is 0 Å². The van der Waals surface area contributed by atoms with Crippen LogP contribution in [-0.2, 0) is 26.2 Å². The van der Waals surface area contributed by atoms with Crippen molar-refractivity contribution in [1.82, 2.24) is 0 Å². The van der Waals surface area contributed by atoms with Gasteiger partial charge in [0.25, 0.3) is 0 Å². The van der Waals surface area contributed by atoms with Gasteiger partial charge in [-0.2, -0.15) is 0 Å². The van der Waals surface area contributed by atoms with Crippen LogP contribution in [0.15, 0.2) is 0 Å². The molecule has 0 radical (unpaired) electrons. The molecule has 0 aromatic heterocycles. The predicted octanol–water partition coefficient (Wildman–Crippen LogP) is -1.63. The Morgan fingerprint density at radius 2 is 0.800 bits per heavy atom. The Hall–Kier alpha value is 0.723. The maximum absolute atomic E-state index is 6.00. The minimum absolute atomic E-state index is 0. The first-order chi connectivity index (χ1) is 1.00. The Labute approximate surface area is 48.1 Å². The van der Waals surface area contributed by atoms with Gasteiger partial charge in [-0.05, 0) is 0 Å². The zero-order valence-electron chi connectivity index (χ0n) is 2.39. The van der Waals surface area contributed by atoms with Gasteiger partial charge in [0.05, 0.1) is 0 Å². The average molecular weight is 161 g/mol. The van der Waals surface area contributed by atoms with Crippen molar-refractivity contribution in [1.29, 1.82) is 0 Å². The molecule has 0 aromatic rings. The van der Waals surface area contributed by atoms with Crippen molar-refractivity contribution in [3.8, 4) is 0 Å². The number of rotatable bonds is 0. The molecule has 0 heterocycles. The summed E-state index contributed by atoms with van der Waals surface area (Å²) in [4.78, 5) is 0. The molecule has 0 amide bonds. The van der Waals surface area contributed by atoms with E-state index in [1.54, 1.807) is 0 Å². The molecule has 5 heavy (non-hydrogen) atoms. The molecule has 0 fully saturated rings. The van der Waals surface area contributed by atoms with E-state index < -0.39 is 0 Å². The molecule has 0 aromatic carbocycles. The first-order valence-electron chi connectivity index (χ1n) is 0.200. The quantitative estimate of drug-likeness (QED) is 0.329. The van der Waals surface area contributed by atoms with E-state index in [4.69, 9.17) is 10.5 Å². The topological polar surface area (TPSA) is 103 Å². The van der Waals surface area contributed by atoms with E-state index in [0.717, 1.165) is 0 Å². The van der Waals surface area contributed by atoms with Gasteiger partial charge in [0.1, 0.15) is 0 Å². The van der Waals surface area contributed by atoms with Crippen molar-refractivity contribution < 1.29 is 47.7 Å². The van der Waals surface area contributed by atoms with Crippen LogP contribution in [0.2, 0.25) is 0 Å². The summed E-state index contributed by atoms with van der Waals surface area (Å²) in [6, 6.07) is 0. The fourth-order valence-corrected chi connectivity index (χ4v) is 0. The Kier molecular flexibility index (Phi) is 1080. The molecule has 0 atom stereocenters. The summed E-state index contributed by atoms with van der Waals surface area (Å²) in [6.45, 7) is 0. The van der Waals surface area contributed by atoms with Crippen LogP contribution >= 0.6 is 0 Å². The Morgan fingerprint density at radius 1 is 0.800 bits per heavy atom. The molecular formula is H6O4Zr. The number of hydrogen-bond donors (Lipinski definition) is 2. The monoisotopic (exact) mass is 160 g/mol. The molecular weight excluding hydrogens is 155 g/mol. The molecule has 5 heteroatoms. The molecule has 0 bridgehead atoms. The first-order valence-corrected chi connectivity index (χ1v) is 0.200. The Balaban J connectivity index is -0.00000000167. The minimum Gasteiger partial charge on any atom is -0.412 e. The Bertz CT molecular complexity index is 3.61. The maximum Gasteiger partial charge on any atom is 0 e. The SMILES string of the molecule is O.O.OO.[Zr]. The minimum atomic E-state index is 0. The van der Waals surface area contributed by atoms with Gasteiger partial charge >= 0.3 is 0 Å². The third kappa shape index (κ3) is 67.0. The molecule has 34 valence electrons. The standard InChI is InChI=1S/H2O2.2H2O.Zr/c1-2;;;/h1-2H;2*1H2;. The predicted molar refractivity (Wildman–Crippen MR) is 12.5 cm³/mol. The summed E-state index contributed by atoms with van der Waals surface area (Å²) < 4.78 is 0. The molecule has 0 saturated carbocycles. The second-order valence-corrected chi connectivity index (χ2v) is 0. The van der Waals surface area contributed by atoms with Crippen molar-refractivity contribution in [2.24, 2.45) is 0 Å². The summed E-state index contributed by atoms with van der Waals surface area (Å²) in [5.41, 5.74) is 0. The second-order valence-electron chi connectivity index (χ2n) is 0. The van der Waals surface area contributed by atoms with Gasteiger partial charge < -0.3 is 11.0 Å². The van der Waals surface area contributed by atoms with Crippen LogP contribution in [0, 0.1) is 0 Å². The van der Waals surface area contributed by atoms with E-state index in [1.165, 1.54) is 0 Å². The van der Waals surface area contributed by atoms with Gasteiger partial charge in [0, 0.05) is 26.2 Å². The van der Waals surface area contributed by atoms with Crippen molar-refractivity contribution >= 4 is 0 Å². The van der Waals surface area contributed by atoms with Gasteiger partial charge in [-0.25, -0.2) is 0 Å². The van der Waals surface area contributed by atoms with Crippen LogP contribution in [-0.4, -0.2) is 21.5 Å². The average Bonchev–Trinajstić information content (AvgIpc) is 1.00. The van der Waals surface area contributed by atoms with Crippen LogP contribution in [0.4, 0.5) is 0 Å². The normalized spacial score (nSPS) is 1.20. The van der Waals surface area contributed by atoms with Crippen molar-refractivity contribution in [3.63, 3.8) is 0 Å². The van der Waals surface area contributed by atoms with Gasteiger partial charge in [-0.15, -0.1) is 0 Å². The zero-order valence-corrected chi connectivity index (χ0v) is 4.85. The molecule has 0 aliphatic heterocycles. The molecule has 4 nitrogen and oxygen atoms in total. The fraction of sp³-hybridized carbons (Fsp3) is 0. The van der Waals surface area contributed by atoms with E-state index >= 15 is 0 Å². The summed E-state index contributed by atoms with van der Waals surface area (Å²) in [5, 5.41) is 12.0. The largest absolute Gasteiger partial charge is 0.412 e. The van der Waals surface area contributed by atoms with E-state index in [0.29, 0.717) is 0 Å². The summed E-state index contributed by atoms with van der Waals surface area (Å²) in [5.74, 6) is 0. The summed E-state index contributed by atoms with van der Waals surface area (Å²) >= 11 is 0. The first kappa shape index (κ1) is 43.0. The molecule has 0 unspecified atom stereocenters. The fourth-order valence-electron chi connectivity index (χ4n) is 0. The molecule has 0 aliphatic carbocycles. The number of hydrogen-bond acceptors (Lipinski definition) is 2. The van der Waals surface area contributed by atoms with E-state index in [2.05, 4.69) is 0 Å². The van der Waals surface area contributed by atoms with E-state index in [9.17, 15) is 0 Å². The van der Waals surface area contributed by atoms with Crippen LogP contribution in [0.5, 0.6) is 0 Å². The van der Waals surface area contributed by atoms with Crippen molar-refractivity contribution in [2.45, 2.75) is 0 Å². The maximum atomic E-state index is 6.00. The Morgan fingerprint density at radius 3 is 0.800 bits per heavy atom. The summed E-state index contributed by atoms with van der Waals surface area (Å²) in [7, 11) is 0. The molecule has 0 rings (SSSR count). The van der Waals surface area contributed by atoms with E-state index in [-0.39, 0.29) is 37.2 Å². The third-order valence-electron chi connectivity index (χ3n) is 0. The third-order valence-corrected chi connectivity index (χ3v) is 0. The van der Waals surface area contributed by atoms with Crippen LogP contribution in [0.25, 0.3) is 0 Å². The molecule has 0 saturated heterocycles. The molecule has 6 N–H and O–H groups in total. The van der Waals surface area contributed by atoms with Gasteiger partial charge in [0.15, 0.2) is 0 Å². The van der Waals surface area contributed by atoms with Crippen molar-refractivity contribution in [2.75, 3.05) is 0 Å². The van der Waals surface area contributed by atoms with Crippen LogP contribution in [0.1, 0.15) is 0 Å². The van der Waals surface area contributed by atoms with Crippen LogP contribution < -0.4 is 0 Å². The molecule has 0 spiro atoms. The summed E-state index contributed by atoms with van der Waals surface area (Å²) in [6.07, 6.45) is 0. The smallest absolute Gasteiger partial charge is 0 e. The zero-order chi connectivity index (χ0) is 2.00. The van der Waals surface area contributed by atoms with Gasteiger partial charge in [-0.1, -0.05) is 0 Å².